The molecule has 1 atom stereocenters. The number of rotatable bonds is 0. The van der Waals surface area contributed by atoms with Crippen LogP contribution >= 0.6 is 22.6 Å². The molecule has 0 aliphatic heterocycles. The van der Waals surface area contributed by atoms with Gasteiger partial charge < -0.3 is 0 Å². The van der Waals surface area contributed by atoms with Crippen molar-refractivity contribution in [3.8, 4) is 0 Å². The van der Waals surface area contributed by atoms with Crippen molar-refractivity contribution in [2.45, 2.75) is 16.8 Å². The molecule has 10 heavy (non-hydrogen) atoms. The van der Waals surface area contributed by atoms with Crippen molar-refractivity contribution in [2.75, 3.05) is 0 Å². The van der Waals surface area contributed by atoms with Gasteiger partial charge in [-0.05, 0) is 24.0 Å². The van der Waals surface area contributed by atoms with Crippen molar-refractivity contribution in [1.82, 2.24) is 0 Å². The first-order chi connectivity index (χ1) is 4.88. The SMILES string of the molecule is IC1CCc2ccccc21. The van der Waals surface area contributed by atoms with Gasteiger partial charge in [0, 0.05) is 3.92 Å². The summed E-state index contributed by atoms with van der Waals surface area (Å²) in [6, 6.07) is 8.76. The van der Waals surface area contributed by atoms with E-state index in [1.807, 2.05) is 0 Å². The minimum Gasteiger partial charge on any atom is -0.0774 e. The van der Waals surface area contributed by atoms with E-state index in [0.717, 1.165) is 3.92 Å². The molecule has 52 valence electrons. The van der Waals surface area contributed by atoms with Crippen molar-refractivity contribution in [1.29, 1.82) is 0 Å². The van der Waals surface area contributed by atoms with Crippen LogP contribution < -0.4 is 0 Å². The molecule has 0 fully saturated rings. The first kappa shape index (κ1) is 6.65. The first-order valence-electron chi connectivity index (χ1n) is 3.60. The molecule has 0 amide bonds. The maximum absolute atomic E-state index is 2.52. The lowest BCUT2D eigenvalue weighted by molar-refractivity contribution is 0.916. The molecule has 0 spiro atoms. The summed E-state index contributed by atoms with van der Waals surface area (Å²) in [6.45, 7) is 0. The molecule has 1 unspecified atom stereocenters. The average Bonchev–Trinajstić information content (AvgIpc) is 2.34. The minimum absolute atomic E-state index is 0.772. The van der Waals surface area contributed by atoms with E-state index in [2.05, 4.69) is 46.9 Å². The van der Waals surface area contributed by atoms with Gasteiger partial charge in [-0.15, -0.1) is 0 Å². The largest absolute Gasteiger partial charge is 0.0774 e. The highest BCUT2D eigenvalue weighted by Gasteiger charge is 2.17. The molecule has 0 saturated carbocycles. The Hall–Kier alpha value is -0.0500. The molecule has 2 rings (SSSR count). The second kappa shape index (κ2) is 2.53. The van der Waals surface area contributed by atoms with E-state index in [-0.39, 0.29) is 0 Å². The van der Waals surface area contributed by atoms with Gasteiger partial charge in [0.2, 0.25) is 0 Å². The molecule has 0 bridgehead atoms. The van der Waals surface area contributed by atoms with E-state index in [1.54, 1.807) is 11.1 Å². The van der Waals surface area contributed by atoms with Gasteiger partial charge in [0.1, 0.15) is 0 Å². The quantitative estimate of drug-likeness (QED) is 0.486. The van der Waals surface area contributed by atoms with Crippen LogP contribution in [0, 0.1) is 0 Å². The summed E-state index contributed by atoms with van der Waals surface area (Å²) < 4.78 is 0.772. The van der Waals surface area contributed by atoms with E-state index >= 15 is 0 Å². The maximum Gasteiger partial charge on any atom is 0.0365 e. The lowest BCUT2D eigenvalue weighted by atomic mass is 10.1. The molecular formula is C9H9I. The monoisotopic (exact) mass is 244 g/mol. The van der Waals surface area contributed by atoms with Crippen molar-refractivity contribution < 1.29 is 0 Å². The molecule has 1 aliphatic rings. The summed E-state index contributed by atoms with van der Waals surface area (Å²) in [5, 5.41) is 0. The number of alkyl halides is 1. The Morgan fingerprint density at radius 1 is 1.30 bits per heavy atom. The van der Waals surface area contributed by atoms with Crippen LogP contribution in [0.4, 0.5) is 0 Å². The third kappa shape index (κ3) is 0.965. The summed E-state index contributed by atoms with van der Waals surface area (Å²) >= 11 is 2.52. The van der Waals surface area contributed by atoms with Gasteiger partial charge >= 0.3 is 0 Å². The van der Waals surface area contributed by atoms with Gasteiger partial charge in [0.05, 0.1) is 0 Å². The zero-order valence-corrected chi connectivity index (χ0v) is 7.84. The number of hydrogen-bond donors (Lipinski definition) is 0. The summed E-state index contributed by atoms with van der Waals surface area (Å²) in [4.78, 5) is 0. The van der Waals surface area contributed by atoms with Gasteiger partial charge in [-0.2, -0.15) is 0 Å². The Balaban J connectivity index is 2.51. The van der Waals surface area contributed by atoms with Gasteiger partial charge in [-0.1, -0.05) is 46.9 Å². The second-order valence-electron chi connectivity index (χ2n) is 2.71. The number of fused-ring (bicyclic) bond motifs is 1. The summed E-state index contributed by atoms with van der Waals surface area (Å²) in [5.41, 5.74) is 3.12. The zero-order valence-electron chi connectivity index (χ0n) is 5.68. The Bertz CT molecular complexity index is 242. The summed E-state index contributed by atoms with van der Waals surface area (Å²) in [7, 11) is 0. The molecule has 0 saturated heterocycles. The average molecular weight is 244 g/mol. The smallest absolute Gasteiger partial charge is 0.0365 e. The van der Waals surface area contributed by atoms with E-state index in [4.69, 9.17) is 0 Å². The molecule has 0 aromatic heterocycles. The van der Waals surface area contributed by atoms with E-state index in [1.165, 1.54) is 12.8 Å². The van der Waals surface area contributed by atoms with Crippen LogP contribution in [0.2, 0.25) is 0 Å². The fourth-order valence-electron chi connectivity index (χ4n) is 1.51. The zero-order chi connectivity index (χ0) is 6.97. The van der Waals surface area contributed by atoms with Crippen LogP contribution in [0.5, 0.6) is 0 Å². The molecule has 1 aromatic rings. The topological polar surface area (TPSA) is 0 Å². The van der Waals surface area contributed by atoms with E-state index in [0.29, 0.717) is 0 Å². The fraction of sp³-hybridized carbons (Fsp3) is 0.333. The number of hydrogen-bond acceptors (Lipinski definition) is 0. The summed E-state index contributed by atoms with van der Waals surface area (Å²) in [6.07, 6.45) is 2.61. The molecule has 0 heterocycles. The molecule has 0 nitrogen and oxygen atoms in total. The van der Waals surface area contributed by atoms with Crippen molar-refractivity contribution >= 4 is 22.6 Å². The van der Waals surface area contributed by atoms with Gasteiger partial charge in [0.25, 0.3) is 0 Å². The Morgan fingerprint density at radius 3 is 2.90 bits per heavy atom. The highest BCUT2D eigenvalue weighted by Crippen LogP contribution is 2.37. The molecule has 0 N–H and O–H groups in total. The number of halogens is 1. The highest BCUT2D eigenvalue weighted by atomic mass is 127. The Kier molecular flexibility index (Phi) is 1.68. The second-order valence-corrected chi connectivity index (χ2v) is 4.21. The minimum atomic E-state index is 0.772. The maximum atomic E-state index is 2.52. The van der Waals surface area contributed by atoms with Crippen LogP contribution in [-0.2, 0) is 6.42 Å². The number of benzene rings is 1. The van der Waals surface area contributed by atoms with Crippen LogP contribution in [0.15, 0.2) is 24.3 Å². The Morgan fingerprint density at radius 2 is 2.10 bits per heavy atom. The van der Waals surface area contributed by atoms with Crippen molar-refractivity contribution in [3.63, 3.8) is 0 Å². The van der Waals surface area contributed by atoms with Crippen LogP contribution in [0.3, 0.4) is 0 Å². The lowest BCUT2D eigenvalue weighted by Crippen LogP contribution is -1.80. The van der Waals surface area contributed by atoms with Gasteiger partial charge in [-0.25, -0.2) is 0 Å². The Labute approximate surface area is 74.8 Å². The van der Waals surface area contributed by atoms with Crippen molar-refractivity contribution in [2.24, 2.45) is 0 Å². The van der Waals surface area contributed by atoms with Crippen LogP contribution in [0.25, 0.3) is 0 Å². The lowest BCUT2D eigenvalue weighted by Gasteiger charge is -1.99. The predicted octanol–water partition coefficient (Wildman–Crippen LogP) is 3.11. The highest BCUT2D eigenvalue weighted by molar-refractivity contribution is 14.1. The number of aryl methyl sites for hydroxylation is 1. The molecule has 0 radical (unpaired) electrons. The molecule has 1 aliphatic carbocycles. The van der Waals surface area contributed by atoms with E-state index in [9.17, 15) is 0 Å². The third-order valence-corrected chi connectivity index (χ3v) is 3.35. The first-order valence-corrected chi connectivity index (χ1v) is 4.84. The fourth-order valence-corrected chi connectivity index (χ4v) is 2.42. The molecular weight excluding hydrogens is 235 g/mol. The standard InChI is InChI=1S/C9H9I/c10-9-6-5-7-3-1-2-4-8(7)9/h1-4,9H,5-6H2. The normalized spacial score (nSPS) is 22.7. The molecule has 1 heteroatoms. The van der Waals surface area contributed by atoms with Gasteiger partial charge in [-0.3, -0.25) is 0 Å². The van der Waals surface area contributed by atoms with Gasteiger partial charge in [0.15, 0.2) is 0 Å². The molecule has 1 aromatic carbocycles. The summed E-state index contributed by atoms with van der Waals surface area (Å²) in [5.74, 6) is 0. The van der Waals surface area contributed by atoms with Crippen LogP contribution in [-0.4, -0.2) is 0 Å². The predicted molar refractivity (Wildman–Crippen MR) is 51.5 cm³/mol. The third-order valence-electron chi connectivity index (χ3n) is 2.06. The van der Waals surface area contributed by atoms with E-state index < -0.39 is 0 Å². The van der Waals surface area contributed by atoms with Crippen LogP contribution in [0.1, 0.15) is 21.5 Å². The van der Waals surface area contributed by atoms with Crippen molar-refractivity contribution in [3.05, 3.63) is 35.4 Å².